The van der Waals surface area contributed by atoms with Crippen molar-refractivity contribution in [3.8, 4) is 0 Å². The van der Waals surface area contributed by atoms with Crippen LogP contribution in [0.4, 0.5) is 0 Å². The smallest absolute Gasteiger partial charge is 0.345 e. The number of unbranched alkanes of at least 4 members (excludes halogenated alkanes) is 4. The number of hydrogen-bond acceptors (Lipinski definition) is 9. The fourth-order valence-corrected chi connectivity index (χ4v) is 4.18. The predicted molar refractivity (Wildman–Crippen MR) is 141 cm³/mol. The van der Waals surface area contributed by atoms with Gasteiger partial charge < -0.3 is 35.0 Å². The lowest BCUT2D eigenvalue weighted by Crippen LogP contribution is -2.53. The zero-order valence-corrected chi connectivity index (χ0v) is 22.8. The van der Waals surface area contributed by atoms with Gasteiger partial charge >= 0.3 is 35.8 Å². The average molecular weight is 583 g/mol. The van der Waals surface area contributed by atoms with Crippen LogP contribution in [0.3, 0.4) is 0 Å². The highest BCUT2D eigenvalue weighted by atomic mass is 16.6. The summed E-state index contributed by atoms with van der Waals surface area (Å²) in [7, 11) is 0. The van der Waals surface area contributed by atoms with Crippen molar-refractivity contribution >= 4 is 35.8 Å². The van der Waals surface area contributed by atoms with E-state index in [1.54, 1.807) is 6.08 Å². The molecule has 228 valence electrons. The molecule has 5 N–H and O–H groups in total. The van der Waals surface area contributed by atoms with Gasteiger partial charge in [-0.3, -0.25) is 19.2 Å². The molecule has 0 aromatic carbocycles. The standard InChI is InChI=1S/C28H38O13/c1-2-3-4-5-6-7-8-9-10-11-12-13-14-18-15-20(26(37)40-18)28(39,17-22(31)32)27(38)41-23(25(35)36)19(24(33)34)16-21(29)30/h6-7,9-10,13-14,18-20,23,39H,2-5,8,11-12,15-17H2,1H3,(H,29,30)(H,31,32)(H,33,34)(H,35,36)/b7-6-,10-9-,14-13+/t18-,19-,20-,23+,28+/m1/s1. The highest BCUT2D eigenvalue weighted by molar-refractivity contribution is 5.94. The molecule has 1 aliphatic heterocycles. The number of ether oxygens (including phenoxy) is 2. The minimum Gasteiger partial charge on any atom is -0.481 e. The monoisotopic (exact) mass is 582 g/mol. The lowest BCUT2D eigenvalue weighted by atomic mass is 9.82. The molecule has 1 heterocycles. The van der Waals surface area contributed by atoms with Crippen molar-refractivity contribution in [1.29, 1.82) is 0 Å². The first-order chi connectivity index (χ1) is 19.3. The van der Waals surface area contributed by atoms with Crippen LogP contribution >= 0.6 is 0 Å². The molecule has 0 saturated carbocycles. The molecule has 0 aromatic rings. The van der Waals surface area contributed by atoms with E-state index < -0.39 is 78.3 Å². The molecule has 0 aliphatic carbocycles. The van der Waals surface area contributed by atoms with Gasteiger partial charge in [-0.25, -0.2) is 9.59 Å². The van der Waals surface area contributed by atoms with Crippen molar-refractivity contribution in [2.24, 2.45) is 11.8 Å². The zero-order valence-electron chi connectivity index (χ0n) is 22.8. The van der Waals surface area contributed by atoms with E-state index >= 15 is 0 Å². The highest BCUT2D eigenvalue weighted by Gasteiger charge is 2.56. The van der Waals surface area contributed by atoms with Crippen molar-refractivity contribution in [2.45, 2.75) is 88.9 Å². The molecule has 0 spiro atoms. The Morgan fingerprint density at radius 2 is 1.56 bits per heavy atom. The number of allylic oxidation sites excluding steroid dienone is 5. The van der Waals surface area contributed by atoms with Crippen LogP contribution in [0.25, 0.3) is 0 Å². The van der Waals surface area contributed by atoms with Crippen LogP contribution in [-0.4, -0.2) is 79.2 Å². The molecule has 0 aromatic heterocycles. The Hall–Kier alpha value is -4.00. The maximum absolute atomic E-state index is 12.9. The highest BCUT2D eigenvalue weighted by Crippen LogP contribution is 2.36. The average Bonchev–Trinajstić information content (AvgIpc) is 3.26. The van der Waals surface area contributed by atoms with Crippen LogP contribution in [0.2, 0.25) is 0 Å². The van der Waals surface area contributed by atoms with E-state index in [1.807, 2.05) is 12.2 Å². The summed E-state index contributed by atoms with van der Waals surface area (Å²) in [6.07, 6.45) is 11.7. The predicted octanol–water partition coefficient (Wildman–Crippen LogP) is 2.71. The van der Waals surface area contributed by atoms with Crippen molar-refractivity contribution in [3.63, 3.8) is 0 Å². The Morgan fingerprint density at radius 1 is 0.927 bits per heavy atom. The quantitative estimate of drug-likeness (QED) is 0.0792. The largest absolute Gasteiger partial charge is 0.481 e. The molecule has 0 amide bonds. The number of cyclic esters (lactones) is 1. The SMILES string of the molecule is CCCCC/C=C\C/C=C\CC/C=C/[C@@H]1C[C@@H]([C@@](O)(CC(=O)O)C(=O)O[C@H](C(=O)O)[C@@H](CC(=O)O)C(=O)O)C(=O)O1. The molecule has 1 rings (SSSR count). The lowest BCUT2D eigenvalue weighted by Gasteiger charge is -2.30. The molecule has 0 radical (unpaired) electrons. The minimum absolute atomic E-state index is 0.345. The van der Waals surface area contributed by atoms with E-state index in [1.165, 1.54) is 25.3 Å². The maximum Gasteiger partial charge on any atom is 0.345 e. The first-order valence-electron chi connectivity index (χ1n) is 13.3. The third-order valence-corrected chi connectivity index (χ3v) is 6.36. The van der Waals surface area contributed by atoms with Crippen LogP contribution in [0.5, 0.6) is 0 Å². The number of esters is 2. The molecule has 5 atom stereocenters. The van der Waals surface area contributed by atoms with E-state index in [9.17, 15) is 49.2 Å². The minimum atomic E-state index is -3.11. The molecule has 13 heteroatoms. The van der Waals surface area contributed by atoms with E-state index in [0.717, 1.165) is 12.8 Å². The summed E-state index contributed by atoms with van der Waals surface area (Å²) in [6.45, 7) is 2.15. The zero-order chi connectivity index (χ0) is 31.0. The molecule has 0 bridgehead atoms. The first-order valence-corrected chi connectivity index (χ1v) is 13.3. The second-order valence-corrected chi connectivity index (χ2v) is 9.64. The Morgan fingerprint density at radius 3 is 2.12 bits per heavy atom. The number of carbonyl (C=O) groups is 6. The number of carbonyl (C=O) groups excluding carboxylic acids is 2. The third-order valence-electron chi connectivity index (χ3n) is 6.36. The van der Waals surface area contributed by atoms with Gasteiger partial charge in [-0.05, 0) is 38.2 Å². The second-order valence-electron chi connectivity index (χ2n) is 9.64. The van der Waals surface area contributed by atoms with Gasteiger partial charge in [0.1, 0.15) is 17.9 Å². The molecule has 0 unspecified atom stereocenters. The number of hydrogen-bond donors (Lipinski definition) is 5. The van der Waals surface area contributed by atoms with E-state index in [-0.39, 0.29) is 6.42 Å². The molecule has 1 saturated heterocycles. The van der Waals surface area contributed by atoms with Gasteiger partial charge in [0.15, 0.2) is 5.60 Å². The number of aliphatic hydroxyl groups is 1. The van der Waals surface area contributed by atoms with E-state index in [4.69, 9.17) is 9.84 Å². The fourth-order valence-electron chi connectivity index (χ4n) is 4.18. The molecular weight excluding hydrogens is 544 g/mol. The normalized spacial score (nSPS) is 20.1. The van der Waals surface area contributed by atoms with Crippen molar-refractivity contribution in [3.05, 3.63) is 36.5 Å². The summed E-state index contributed by atoms with van der Waals surface area (Å²) < 4.78 is 9.78. The van der Waals surface area contributed by atoms with Gasteiger partial charge in [0.25, 0.3) is 0 Å². The Kier molecular flexibility index (Phi) is 15.1. The van der Waals surface area contributed by atoms with Crippen LogP contribution in [-0.2, 0) is 38.2 Å². The first kappa shape index (κ1) is 35.0. The fraction of sp³-hybridized carbons (Fsp3) is 0.571. The summed E-state index contributed by atoms with van der Waals surface area (Å²) in [5, 5.41) is 47.8. The van der Waals surface area contributed by atoms with Gasteiger partial charge in [0.2, 0.25) is 6.10 Å². The van der Waals surface area contributed by atoms with E-state index in [0.29, 0.717) is 12.8 Å². The number of rotatable bonds is 20. The van der Waals surface area contributed by atoms with Crippen molar-refractivity contribution < 1.29 is 63.8 Å². The number of aliphatic carboxylic acids is 4. The Balaban J connectivity index is 2.86. The van der Waals surface area contributed by atoms with Gasteiger partial charge in [-0.15, -0.1) is 0 Å². The molecule has 1 fully saturated rings. The maximum atomic E-state index is 12.9. The van der Waals surface area contributed by atoms with Crippen LogP contribution in [0.15, 0.2) is 36.5 Å². The Bertz CT molecular complexity index is 1030. The second kappa shape index (κ2) is 17.6. The van der Waals surface area contributed by atoms with Gasteiger partial charge in [0, 0.05) is 6.42 Å². The molecular formula is C28H38O13. The number of carboxylic acid groups (broad SMARTS) is 4. The van der Waals surface area contributed by atoms with Gasteiger partial charge in [-0.1, -0.05) is 50.1 Å². The summed E-state index contributed by atoms with van der Waals surface area (Å²) in [6, 6.07) is 0. The van der Waals surface area contributed by atoms with Crippen LogP contribution in [0.1, 0.15) is 71.1 Å². The van der Waals surface area contributed by atoms with Crippen LogP contribution < -0.4 is 0 Å². The number of carboxylic acids is 4. The third kappa shape index (κ3) is 12.0. The summed E-state index contributed by atoms with van der Waals surface area (Å²) in [5.74, 6) is -14.5. The molecule has 41 heavy (non-hydrogen) atoms. The van der Waals surface area contributed by atoms with Crippen molar-refractivity contribution in [2.75, 3.05) is 0 Å². The van der Waals surface area contributed by atoms with Crippen molar-refractivity contribution in [1.82, 2.24) is 0 Å². The summed E-state index contributed by atoms with van der Waals surface area (Å²) >= 11 is 0. The van der Waals surface area contributed by atoms with Crippen LogP contribution in [0, 0.1) is 11.8 Å². The summed E-state index contributed by atoms with van der Waals surface area (Å²) in [4.78, 5) is 70.8. The van der Waals surface area contributed by atoms with Gasteiger partial charge in [-0.2, -0.15) is 0 Å². The lowest BCUT2D eigenvalue weighted by molar-refractivity contribution is -0.194. The molecule has 13 nitrogen and oxygen atoms in total. The topological polar surface area (TPSA) is 222 Å². The molecule has 1 aliphatic rings. The van der Waals surface area contributed by atoms with E-state index in [2.05, 4.69) is 23.8 Å². The van der Waals surface area contributed by atoms with Gasteiger partial charge in [0.05, 0.1) is 12.8 Å². The summed E-state index contributed by atoms with van der Waals surface area (Å²) in [5.41, 5.74) is -3.11. The Labute approximate surface area is 237 Å².